The maximum absolute atomic E-state index is 12.6. The van der Waals surface area contributed by atoms with Gasteiger partial charge in [-0.05, 0) is 31.0 Å². The molecule has 2 rings (SSSR count). The molecule has 0 unspecified atom stereocenters. The molecule has 1 aliphatic heterocycles. The molecule has 4 nitrogen and oxygen atoms in total. The zero-order valence-corrected chi connectivity index (χ0v) is 13.2. The minimum Gasteiger partial charge on any atom is -0.496 e. The van der Waals surface area contributed by atoms with E-state index in [4.69, 9.17) is 16.3 Å². The Bertz CT molecular complexity index is 536. The summed E-state index contributed by atoms with van der Waals surface area (Å²) in [6.45, 7) is 3.09. The van der Waals surface area contributed by atoms with Crippen molar-refractivity contribution in [3.63, 3.8) is 0 Å². The summed E-state index contributed by atoms with van der Waals surface area (Å²) in [5.41, 5.74) is 0.477. The third-order valence-electron chi connectivity index (χ3n) is 3.98. The summed E-state index contributed by atoms with van der Waals surface area (Å²) in [5.74, 6) is 0.829. The van der Waals surface area contributed by atoms with Gasteiger partial charge in [0.15, 0.2) is 0 Å². The number of amides is 1. The lowest BCUT2D eigenvalue weighted by Gasteiger charge is -2.31. The number of Topliss-reactive ketones (excluding diaryl/α,β-unsaturated/α-hetero) is 1. The molecule has 1 aromatic rings. The topological polar surface area (TPSA) is 46.6 Å². The number of likely N-dealkylation sites (tertiary alicyclic amines) is 1. The highest BCUT2D eigenvalue weighted by atomic mass is 35.5. The van der Waals surface area contributed by atoms with Crippen LogP contribution in [0.1, 0.15) is 36.5 Å². The van der Waals surface area contributed by atoms with Crippen molar-refractivity contribution >= 4 is 23.3 Å². The maximum Gasteiger partial charge on any atom is 0.257 e. The van der Waals surface area contributed by atoms with Crippen molar-refractivity contribution in [1.29, 1.82) is 0 Å². The van der Waals surface area contributed by atoms with Crippen LogP contribution in [-0.2, 0) is 4.79 Å². The standard InChI is InChI=1S/C16H20ClNO3/c1-3-14(19)11-6-8-18(9-7-11)16(20)13-10-12(17)4-5-15(13)21-2/h4-5,10-11H,3,6-9H2,1-2H3. The minimum absolute atomic E-state index is 0.0863. The van der Waals surface area contributed by atoms with Gasteiger partial charge in [-0.1, -0.05) is 18.5 Å². The number of ketones is 1. The third kappa shape index (κ3) is 3.56. The maximum atomic E-state index is 12.6. The van der Waals surface area contributed by atoms with Crippen LogP contribution >= 0.6 is 11.6 Å². The quantitative estimate of drug-likeness (QED) is 0.858. The molecule has 0 aromatic heterocycles. The first-order valence-electron chi connectivity index (χ1n) is 7.22. The number of hydrogen-bond acceptors (Lipinski definition) is 3. The summed E-state index contributed by atoms with van der Waals surface area (Å²) in [6.07, 6.45) is 2.04. The summed E-state index contributed by atoms with van der Waals surface area (Å²) in [4.78, 5) is 26.1. The smallest absolute Gasteiger partial charge is 0.257 e. The van der Waals surface area contributed by atoms with Gasteiger partial charge in [-0.25, -0.2) is 0 Å². The van der Waals surface area contributed by atoms with Crippen molar-refractivity contribution in [2.45, 2.75) is 26.2 Å². The Balaban J connectivity index is 2.09. The van der Waals surface area contributed by atoms with Crippen molar-refractivity contribution < 1.29 is 14.3 Å². The fourth-order valence-corrected chi connectivity index (χ4v) is 2.88. The van der Waals surface area contributed by atoms with Crippen LogP contribution in [0.3, 0.4) is 0 Å². The van der Waals surface area contributed by atoms with Gasteiger partial charge in [0.2, 0.25) is 0 Å². The van der Waals surface area contributed by atoms with E-state index in [-0.39, 0.29) is 11.8 Å². The molecule has 5 heteroatoms. The average Bonchev–Trinajstić information content (AvgIpc) is 2.53. The number of piperidine rings is 1. The molecule has 21 heavy (non-hydrogen) atoms. The highest BCUT2D eigenvalue weighted by Crippen LogP contribution is 2.26. The van der Waals surface area contributed by atoms with Crippen molar-refractivity contribution in [3.8, 4) is 5.75 Å². The third-order valence-corrected chi connectivity index (χ3v) is 4.21. The summed E-state index contributed by atoms with van der Waals surface area (Å²) in [6, 6.07) is 5.03. The summed E-state index contributed by atoms with van der Waals surface area (Å²) in [7, 11) is 1.53. The first-order chi connectivity index (χ1) is 10.1. The van der Waals surface area contributed by atoms with E-state index in [0.717, 1.165) is 12.8 Å². The van der Waals surface area contributed by atoms with E-state index in [1.165, 1.54) is 7.11 Å². The number of methoxy groups -OCH3 is 1. The van der Waals surface area contributed by atoms with E-state index in [1.807, 2.05) is 6.92 Å². The molecule has 1 aliphatic rings. The molecule has 1 heterocycles. The van der Waals surface area contributed by atoms with Gasteiger partial charge in [0.05, 0.1) is 12.7 Å². The number of carbonyl (C=O) groups is 2. The van der Waals surface area contributed by atoms with Gasteiger partial charge in [0.25, 0.3) is 5.91 Å². The van der Waals surface area contributed by atoms with E-state index < -0.39 is 0 Å². The number of ether oxygens (including phenoxy) is 1. The van der Waals surface area contributed by atoms with E-state index in [2.05, 4.69) is 0 Å². The predicted molar refractivity (Wildman–Crippen MR) is 81.9 cm³/mol. The van der Waals surface area contributed by atoms with Gasteiger partial charge in [0.1, 0.15) is 11.5 Å². The lowest BCUT2D eigenvalue weighted by atomic mass is 9.91. The number of nitrogens with zero attached hydrogens (tertiary/aromatic N) is 1. The average molecular weight is 310 g/mol. The van der Waals surface area contributed by atoms with E-state index >= 15 is 0 Å². The molecule has 0 atom stereocenters. The summed E-state index contributed by atoms with van der Waals surface area (Å²) in [5, 5.41) is 0.509. The largest absolute Gasteiger partial charge is 0.496 e. The van der Waals surface area contributed by atoms with Crippen LogP contribution in [0.2, 0.25) is 5.02 Å². The Labute approximate surface area is 130 Å². The lowest BCUT2D eigenvalue weighted by molar-refractivity contribution is -0.123. The van der Waals surface area contributed by atoms with Crippen molar-refractivity contribution in [2.24, 2.45) is 5.92 Å². The lowest BCUT2D eigenvalue weighted by Crippen LogP contribution is -2.40. The van der Waals surface area contributed by atoms with Gasteiger partial charge in [-0.15, -0.1) is 0 Å². The Hall–Kier alpha value is -1.55. The first-order valence-corrected chi connectivity index (χ1v) is 7.60. The molecule has 0 bridgehead atoms. The summed E-state index contributed by atoms with van der Waals surface area (Å²) < 4.78 is 5.23. The number of hydrogen-bond donors (Lipinski definition) is 0. The molecule has 1 aromatic carbocycles. The summed E-state index contributed by atoms with van der Waals surface area (Å²) >= 11 is 5.97. The Morgan fingerprint density at radius 2 is 2.00 bits per heavy atom. The Kier molecular flexibility index (Phi) is 5.23. The van der Waals surface area contributed by atoms with Gasteiger partial charge >= 0.3 is 0 Å². The van der Waals surface area contributed by atoms with Crippen LogP contribution < -0.4 is 4.74 Å². The van der Waals surface area contributed by atoms with Crippen LogP contribution in [0.25, 0.3) is 0 Å². The van der Waals surface area contributed by atoms with E-state index in [0.29, 0.717) is 41.6 Å². The molecular weight excluding hydrogens is 290 g/mol. The molecule has 114 valence electrons. The van der Waals surface area contributed by atoms with Crippen LogP contribution in [0, 0.1) is 5.92 Å². The second-order valence-electron chi connectivity index (χ2n) is 5.23. The number of halogens is 1. The van der Waals surface area contributed by atoms with Gasteiger partial charge < -0.3 is 9.64 Å². The predicted octanol–water partition coefficient (Wildman–Crippen LogP) is 3.18. The van der Waals surface area contributed by atoms with Crippen LogP contribution in [-0.4, -0.2) is 36.8 Å². The second-order valence-corrected chi connectivity index (χ2v) is 5.67. The first kappa shape index (κ1) is 15.8. The van der Waals surface area contributed by atoms with Crippen molar-refractivity contribution in [2.75, 3.05) is 20.2 Å². The Morgan fingerprint density at radius 1 is 1.33 bits per heavy atom. The van der Waals surface area contributed by atoms with Crippen molar-refractivity contribution in [1.82, 2.24) is 4.90 Å². The van der Waals surface area contributed by atoms with Gasteiger partial charge in [-0.3, -0.25) is 9.59 Å². The van der Waals surface area contributed by atoms with Crippen LogP contribution in [0.5, 0.6) is 5.75 Å². The zero-order chi connectivity index (χ0) is 15.4. The molecule has 1 saturated heterocycles. The highest BCUT2D eigenvalue weighted by Gasteiger charge is 2.28. The fraction of sp³-hybridized carbons (Fsp3) is 0.500. The molecular formula is C16H20ClNO3. The Morgan fingerprint density at radius 3 is 2.57 bits per heavy atom. The molecule has 0 radical (unpaired) electrons. The molecule has 0 N–H and O–H groups in total. The fourth-order valence-electron chi connectivity index (χ4n) is 2.71. The number of rotatable bonds is 4. The van der Waals surface area contributed by atoms with E-state index in [1.54, 1.807) is 23.1 Å². The zero-order valence-electron chi connectivity index (χ0n) is 12.4. The second kappa shape index (κ2) is 6.94. The van der Waals surface area contributed by atoms with Gasteiger partial charge in [0, 0.05) is 30.5 Å². The molecule has 0 spiro atoms. The van der Waals surface area contributed by atoms with E-state index in [9.17, 15) is 9.59 Å². The molecule has 0 saturated carbocycles. The number of benzene rings is 1. The van der Waals surface area contributed by atoms with Gasteiger partial charge in [-0.2, -0.15) is 0 Å². The number of carbonyl (C=O) groups excluding carboxylic acids is 2. The van der Waals surface area contributed by atoms with Crippen LogP contribution in [0.15, 0.2) is 18.2 Å². The SMILES string of the molecule is CCC(=O)C1CCN(C(=O)c2cc(Cl)ccc2OC)CC1. The minimum atomic E-state index is -0.0863. The monoisotopic (exact) mass is 309 g/mol. The van der Waals surface area contributed by atoms with Crippen molar-refractivity contribution in [3.05, 3.63) is 28.8 Å². The highest BCUT2D eigenvalue weighted by molar-refractivity contribution is 6.31. The molecule has 1 fully saturated rings. The molecule has 0 aliphatic carbocycles. The normalized spacial score (nSPS) is 15.9. The van der Waals surface area contributed by atoms with Crippen LogP contribution in [0.4, 0.5) is 0 Å². The molecule has 1 amide bonds.